The zero-order valence-electron chi connectivity index (χ0n) is 15.0. The molecule has 0 amide bonds. The van der Waals surface area contributed by atoms with Gasteiger partial charge in [-0.3, -0.25) is 0 Å². The molecule has 7 heteroatoms. The first-order valence-electron chi connectivity index (χ1n) is 8.99. The summed E-state index contributed by atoms with van der Waals surface area (Å²) in [5, 5.41) is 9.42. The predicted molar refractivity (Wildman–Crippen MR) is 110 cm³/mol. The first-order chi connectivity index (χ1) is 12.8. The zero-order chi connectivity index (χ0) is 18.2. The standard InChI is InChI=1S/C19H25N3O2S2/c1-2-24-16-7-5-15(6-8-16)21-19(25)20-14-17(18-4-3-13-26-18)22-9-11-23-12-10-22/h3-8,13,17H,2,9-12,14H2,1H3,(H2,20,21,25)/p+1/t17-/m0/s1. The Labute approximate surface area is 164 Å². The number of hydrogen-bond acceptors (Lipinski definition) is 4. The molecule has 26 heavy (non-hydrogen) atoms. The summed E-state index contributed by atoms with van der Waals surface area (Å²) in [6.45, 7) is 7.16. The van der Waals surface area contributed by atoms with Crippen LogP contribution >= 0.6 is 23.6 Å². The van der Waals surface area contributed by atoms with E-state index in [1.165, 1.54) is 4.88 Å². The van der Waals surface area contributed by atoms with Gasteiger partial charge in [0.25, 0.3) is 0 Å². The van der Waals surface area contributed by atoms with Crippen molar-refractivity contribution in [1.82, 2.24) is 5.32 Å². The number of thiocarbonyl (C=S) groups is 1. The molecule has 1 aliphatic heterocycles. The number of benzene rings is 1. The quantitative estimate of drug-likeness (QED) is 0.630. The van der Waals surface area contributed by atoms with Gasteiger partial charge in [-0.05, 0) is 54.9 Å². The van der Waals surface area contributed by atoms with Crippen LogP contribution in [0.4, 0.5) is 5.69 Å². The van der Waals surface area contributed by atoms with Crippen LogP contribution in [0.5, 0.6) is 5.75 Å². The van der Waals surface area contributed by atoms with E-state index in [2.05, 4.69) is 28.1 Å². The molecule has 140 valence electrons. The summed E-state index contributed by atoms with van der Waals surface area (Å²) in [5.74, 6) is 0.866. The maximum absolute atomic E-state index is 5.51. The lowest BCUT2D eigenvalue weighted by molar-refractivity contribution is -0.937. The van der Waals surface area contributed by atoms with Gasteiger partial charge >= 0.3 is 0 Å². The van der Waals surface area contributed by atoms with Crippen LogP contribution in [0.3, 0.4) is 0 Å². The van der Waals surface area contributed by atoms with E-state index in [1.54, 1.807) is 4.90 Å². The number of morpholine rings is 1. The summed E-state index contributed by atoms with van der Waals surface area (Å²) in [6.07, 6.45) is 0. The van der Waals surface area contributed by atoms with E-state index in [-0.39, 0.29) is 0 Å². The highest BCUT2D eigenvalue weighted by molar-refractivity contribution is 7.80. The van der Waals surface area contributed by atoms with Crippen LogP contribution in [0, 0.1) is 0 Å². The number of hydrogen-bond donors (Lipinski definition) is 3. The molecular weight excluding hydrogens is 366 g/mol. The van der Waals surface area contributed by atoms with Gasteiger partial charge in [-0.2, -0.15) is 0 Å². The molecule has 3 N–H and O–H groups in total. The summed E-state index contributed by atoms with van der Waals surface area (Å²) in [5.41, 5.74) is 0.956. The van der Waals surface area contributed by atoms with E-state index < -0.39 is 0 Å². The van der Waals surface area contributed by atoms with Crippen LogP contribution in [0.25, 0.3) is 0 Å². The molecule has 1 aliphatic rings. The fourth-order valence-electron chi connectivity index (χ4n) is 3.09. The number of thiophene rings is 1. The number of nitrogens with one attached hydrogen (secondary N) is 3. The Balaban J connectivity index is 1.55. The summed E-state index contributed by atoms with van der Waals surface area (Å²) in [7, 11) is 0. The molecule has 0 saturated carbocycles. The van der Waals surface area contributed by atoms with E-state index in [0.29, 0.717) is 17.8 Å². The largest absolute Gasteiger partial charge is 0.494 e. The van der Waals surface area contributed by atoms with Gasteiger partial charge in [0.15, 0.2) is 5.11 Å². The Morgan fingerprint density at radius 3 is 2.69 bits per heavy atom. The van der Waals surface area contributed by atoms with Crippen molar-refractivity contribution in [3.05, 3.63) is 46.7 Å². The minimum atomic E-state index is 0.388. The first-order valence-corrected chi connectivity index (χ1v) is 10.3. The number of anilines is 1. The molecule has 2 aromatic rings. The third-order valence-electron chi connectivity index (χ3n) is 4.40. The van der Waals surface area contributed by atoms with Gasteiger partial charge in [0.05, 0.1) is 31.2 Å². The average Bonchev–Trinajstić information content (AvgIpc) is 3.19. The molecule has 1 fully saturated rings. The molecule has 0 unspecified atom stereocenters. The fourth-order valence-corrected chi connectivity index (χ4v) is 4.18. The topological polar surface area (TPSA) is 47.0 Å². The zero-order valence-corrected chi connectivity index (χ0v) is 16.6. The predicted octanol–water partition coefficient (Wildman–Crippen LogP) is 2.09. The van der Waals surface area contributed by atoms with Crippen molar-refractivity contribution >= 4 is 34.4 Å². The lowest BCUT2D eigenvalue weighted by Gasteiger charge is -2.31. The van der Waals surface area contributed by atoms with Crippen molar-refractivity contribution < 1.29 is 14.4 Å². The number of quaternary nitrogens is 1. The molecule has 1 aromatic carbocycles. The maximum Gasteiger partial charge on any atom is 0.171 e. The van der Waals surface area contributed by atoms with E-state index in [0.717, 1.165) is 44.3 Å². The van der Waals surface area contributed by atoms with Gasteiger partial charge in [0, 0.05) is 5.69 Å². The molecule has 2 heterocycles. The Bertz CT molecular complexity index is 671. The van der Waals surface area contributed by atoms with Gasteiger partial charge in [0.1, 0.15) is 24.9 Å². The van der Waals surface area contributed by atoms with Gasteiger partial charge in [-0.25, -0.2) is 0 Å². The van der Waals surface area contributed by atoms with Crippen LogP contribution in [-0.2, 0) is 4.74 Å². The molecule has 5 nitrogen and oxygen atoms in total. The highest BCUT2D eigenvalue weighted by Gasteiger charge is 2.27. The van der Waals surface area contributed by atoms with Crippen molar-refractivity contribution in [2.75, 3.05) is 44.8 Å². The highest BCUT2D eigenvalue weighted by atomic mass is 32.1. The number of ether oxygens (including phenoxy) is 2. The van der Waals surface area contributed by atoms with Gasteiger partial charge in [-0.15, -0.1) is 11.3 Å². The van der Waals surface area contributed by atoms with Gasteiger partial charge in [0.2, 0.25) is 0 Å². The Kier molecular flexibility index (Phi) is 7.25. The minimum absolute atomic E-state index is 0.388. The molecule has 0 spiro atoms. The van der Waals surface area contributed by atoms with Crippen molar-refractivity contribution in [3.63, 3.8) is 0 Å². The monoisotopic (exact) mass is 392 g/mol. The highest BCUT2D eigenvalue weighted by Crippen LogP contribution is 2.17. The van der Waals surface area contributed by atoms with E-state index in [9.17, 15) is 0 Å². The molecule has 3 rings (SSSR count). The molecule has 0 radical (unpaired) electrons. The molecule has 0 bridgehead atoms. The van der Waals surface area contributed by atoms with E-state index in [1.807, 2.05) is 42.5 Å². The van der Waals surface area contributed by atoms with Crippen LogP contribution < -0.4 is 20.3 Å². The third kappa shape index (κ3) is 5.41. The smallest absolute Gasteiger partial charge is 0.171 e. The van der Waals surface area contributed by atoms with Crippen molar-refractivity contribution in [2.24, 2.45) is 0 Å². The lowest BCUT2D eigenvalue weighted by atomic mass is 10.2. The third-order valence-corrected chi connectivity index (χ3v) is 5.64. The summed E-state index contributed by atoms with van der Waals surface area (Å²) < 4.78 is 11.0. The van der Waals surface area contributed by atoms with Crippen molar-refractivity contribution in [1.29, 1.82) is 0 Å². The first kappa shape index (κ1) is 19.1. The second kappa shape index (κ2) is 9.87. The van der Waals surface area contributed by atoms with Crippen LogP contribution in [-0.4, -0.2) is 44.6 Å². The van der Waals surface area contributed by atoms with Crippen molar-refractivity contribution in [3.8, 4) is 5.75 Å². The van der Waals surface area contributed by atoms with Crippen LogP contribution in [0.1, 0.15) is 17.8 Å². The second-order valence-corrected chi connectivity index (χ2v) is 7.52. The fraction of sp³-hybridized carbons (Fsp3) is 0.421. The molecule has 0 aliphatic carbocycles. The minimum Gasteiger partial charge on any atom is -0.494 e. The molecular formula is C19H26N3O2S2+. The van der Waals surface area contributed by atoms with E-state index >= 15 is 0 Å². The van der Waals surface area contributed by atoms with Crippen LogP contribution in [0.15, 0.2) is 41.8 Å². The maximum atomic E-state index is 5.51. The average molecular weight is 393 g/mol. The molecule has 1 atom stereocenters. The molecule has 1 aromatic heterocycles. The number of rotatable bonds is 7. The lowest BCUT2D eigenvalue weighted by Crippen LogP contribution is -3.15. The Morgan fingerprint density at radius 2 is 2.04 bits per heavy atom. The normalized spacial score (nSPS) is 16.0. The summed E-state index contributed by atoms with van der Waals surface area (Å²) >= 11 is 7.29. The SMILES string of the molecule is CCOc1ccc(NC(=S)NC[C@@H](c2cccs2)[NH+]2CCOCC2)cc1. The second-order valence-electron chi connectivity index (χ2n) is 6.13. The van der Waals surface area contributed by atoms with Crippen molar-refractivity contribution in [2.45, 2.75) is 13.0 Å². The van der Waals surface area contributed by atoms with E-state index in [4.69, 9.17) is 21.7 Å². The Hall–Kier alpha value is -1.67. The molecule has 1 saturated heterocycles. The summed E-state index contributed by atoms with van der Waals surface area (Å²) in [6, 6.07) is 12.6. The summed E-state index contributed by atoms with van der Waals surface area (Å²) in [4.78, 5) is 2.94. The van der Waals surface area contributed by atoms with Crippen LogP contribution in [0.2, 0.25) is 0 Å². The van der Waals surface area contributed by atoms with Gasteiger partial charge in [-0.1, -0.05) is 6.07 Å². The Morgan fingerprint density at radius 1 is 1.27 bits per heavy atom. The van der Waals surface area contributed by atoms with Gasteiger partial charge < -0.3 is 25.0 Å².